The molecule has 0 saturated carbocycles. The van der Waals surface area contributed by atoms with Crippen molar-refractivity contribution in [2.75, 3.05) is 18.9 Å². The number of likely N-dealkylation sites (N-methyl/N-ethyl adjacent to an activating group) is 1. The molecule has 3 amide bonds. The third-order valence-corrected chi connectivity index (χ3v) is 4.52. The SMILES string of the molecule is CC(C)[C@@H](NC(=O)Cc1ccccc1)C(=O)N(C)CC(=O)Nc1ccc(F)c(F)c1F. The molecule has 6 nitrogen and oxygen atoms in total. The number of amides is 3. The van der Waals surface area contributed by atoms with Crippen molar-refractivity contribution in [2.45, 2.75) is 26.3 Å². The summed E-state index contributed by atoms with van der Waals surface area (Å²) < 4.78 is 40.0. The van der Waals surface area contributed by atoms with Crippen molar-refractivity contribution >= 4 is 23.4 Å². The van der Waals surface area contributed by atoms with Crippen LogP contribution in [0, 0.1) is 23.4 Å². The number of anilines is 1. The Balaban J connectivity index is 1.99. The second-order valence-corrected chi connectivity index (χ2v) is 7.42. The average Bonchev–Trinajstić information content (AvgIpc) is 2.72. The van der Waals surface area contributed by atoms with E-state index in [0.29, 0.717) is 6.07 Å². The van der Waals surface area contributed by atoms with Crippen LogP contribution in [0.2, 0.25) is 0 Å². The van der Waals surface area contributed by atoms with E-state index < -0.39 is 47.5 Å². The zero-order valence-corrected chi connectivity index (χ0v) is 17.4. The number of benzene rings is 2. The maximum atomic E-state index is 13.7. The molecule has 0 aliphatic heterocycles. The standard InChI is InChI=1S/C22H24F3N3O3/c1-13(2)21(27-17(29)11-14-7-5-4-6-8-14)22(31)28(3)12-18(30)26-16-10-9-15(23)19(24)20(16)25/h4-10,13,21H,11-12H2,1-3H3,(H,26,30)(H,27,29)/t21-/m1/s1. The minimum atomic E-state index is -1.71. The van der Waals surface area contributed by atoms with E-state index in [0.717, 1.165) is 16.5 Å². The fourth-order valence-electron chi connectivity index (χ4n) is 2.86. The van der Waals surface area contributed by atoms with E-state index >= 15 is 0 Å². The maximum Gasteiger partial charge on any atom is 0.245 e. The van der Waals surface area contributed by atoms with E-state index in [1.807, 2.05) is 6.07 Å². The third-order valence-electron chi connectivity index (χ3n) is 4.52. The van der Waals surface area contributed by atoms with Crippen LogP contribution in [0.4, 0.5) is 18.9 Å². The minimum Gasteiger partial charge on any atom is -0.344 e. The quantitative estimate of drug-likeness (QED) is 0.626. The molecule has 1 atom stereocenters. The van der Waals surface area contributed by atoms with Gasteiger partial charge in [0.1, 0.15) is 6.04 Å². The lowest BCUT2D eigenvalue weighted by Gasteiger charge is -2.27. The van der Waals surface area contributed by atoms with Crippen LogP contribution in [0.5, 0.6) is 0 Å². The topological polar surface area (TPSA) is 78.5 Å². The Morgan fingerprint density at radius 3 is 2.19 bits per heavy atom. The van der Waals surface area contributed by atoms with Gasteiger partial charge >= 0.3 is 0 Å². The lowest BCUT2D eigenvalue weighted by atomic mass is 10.0. The van der Waals surface area contributed by atoms with Crippen molar-refractivity contribution in [3.63, 3.8) is 0 Å². The fraction of sp³-hybridized carbons (Fsp3) is 0.318. The van der Waals surface area contributed by atoms with Gasteiger partial charge in [0.25, 0.3) is 0 Å². The predicted molar refractivity (Wildman–Crippen MR) is 109 cm³/mol. The van der Waals surface area contributed by atoms with E-state index in [4.69, 9.17) is 0 Å². The van der Waals surface area contributed by atoms with Gasteiger partial charge in [0, 0.05) is 7.05 Å². The smallest absolute Gasteiger partial charge is 0.245 e. The van der Waals surface area contributed by atoms with Gasteiger partial charge in [-0.3, -0.25) is 14.4 Å². The Morgan fingerprint density at radius 1 is 0.935 bits per heavy atom. The molecule has 0 bridgehead atoms. The molecule has 2 aromatic carbocycles. The molecule has 166 valence electrons. The van der Waals surface area contributed by atoms with Crippen LogP contribution >= 0.6 is 0 Å². The van der Waals surface area contributed by atoms with Gasteiger partial charge in [0.15, 0.2) is 17.5 Å². The van der Waals surface area contributed by atoms with Crippen molar-refractivity contribution in [1.82, 2.24) is 10.2 Å². The molecule has 0 fully saturated rings. The van der Waals surface area contributed by atoms with Gasteiger partial charge in [0.2, 0.25) is 17.7 Å². The second-order valence-electron chi connectivity index (χ2n) is 7.42. The summed E-state index contributed by atoms with van der Waals surface area (Å²) in [5.41, 5.74) is 0.248. The monoisotopic (exact) mass is 435 g/mol. The van der Waals surface area contributed by atoms with Crippen LogP contribution in [0.1, 0.15) is 19.4 Å². The summed E-state index contributed by atoms with van der Waals surface area (Å²) in [6, 6.07) is 9.70. The number of hydrogen-bond acceptors (Lipinski definition) is 3. The van der Waals surface area contributed by atoms with Gasteiger partial charge in [-0.2, -0.15) is 0 Å². The Kier molecular flexibility index (Phi) is 8.18. The second kappa shape index (κ2) is 10.6. The van der Waals surface area contributed by atoms with E-state index in [-0.39, 0.29) is 18.2 Å². The number of hydrogen-bond donors (Lipinski definition) is 2. The zero-order chi connectivity index (χ0) is 23.1. The average molecular weight is 435 g/mol. The van der Waals surface area contributed by atoms with Crippen LogP contribution in [-0.2, 0) is 20.8 Å². The normalized spacial score (nSPS) is 11.7. The number of carbonyl (C=O) groups is 3. The molecule has 2 rings (SSSR count). The molecule has 2 N–H and O–H groups in total. The van der Waals surface area contributed by atoms with Crippen LogP contribution in [-0.4, -0.2) is 42.3 Å². The first kappa shape index (κ1) is 23.9. The Labute approximate surface area is 178 Å². The van der Waals surface area contributed by atoms with E-state index in [1.165, 1.54) is 7.05 Å². The summed E-state index contributed by atoms with van der Waals surface area (Å²) in [5.74, 6) is -6.55. The van der Waals surface area contributed by atoms with Crippen LogP contribution in [0.25, 0.3) is 0 Å². The minimum absolute atomic E-state index is 0.0942. The molecule has 2 aromatic rings. The van der Waals surface area contributed by atoms with Gasteiger partial charge < -0.3 is 15.5 Å². The summed E-state index contributed by atoms with van der Waals surface area (Å²) >= 11 is 0. The van der Waals surface area contributed by atoms with Crippen LogP contribution < -0.4 is 10.6 Å². The Bertz CT molecular complexity index is 952. The van der Waals surface area contributed by atoms with Gasteiger partial charge in [-0.05, 0) is 23.6 Å². The molecule has 0 spiro atoms. The lowest BCUT2D eigenvalue weighted by molar-refractivity contribution is -0.138. The highest BCUT2D eigenvalue weighted by atomic mass is 19.2. The van der Waals surface area contributed by atoms with Crippen molar-refractivity contribution in [1.29, 1.82) is 0 Å². The molecule has 0 radical (unpaired) electrons. The molecule has 0 heterocycles. The molecule has 0 aliphatic carbocycles. The fourth-order valence-corrected chi connectivity index (χ4v) is 2.86. The Morgan fingerprint density at radius 2 is 1.58 bits per heavy atom. The number of nitrogens with one attached hydrogen (secondary N) is 2. The molecule has 9 heteroatoms. The number of halogens is 3. The summed E-state index contributed by atoms with van der Waals surface area (Å²) in [4.78, 5) is 38.3. The van der Waals surface area contributed by atoms with Gasteiger partial charge in [-0.25, -0.2) is 13.2 Å². The molecule has 0 aliphatic rings. The molecule has 0 unspecified atom stereocenters. The highest BCUT2D eigenvalue weighted by molar-refractivity contribution is 5.96. The highest BCUT2D eigenvalue weighted by Gasteiger charge is 2.28. The van der Waals surface area contributed by atoms with Crippen molar-refractivity contribution in [2.24, 2.45) is 5.92 Å². The first-order valence-electron chi connectivity index (χ1n) is 9.61. The number of rotatable bonds is 8. The zero-order valence-electron chi connectivity index (χ0n) is 17.4. The van der Waals surface area contributed by atoms with Crippen LogP contribution in [0.3, 0.4) is 0 Å². The largest absolute Gasteiger partial charge is 0.344 e. The van der Waals surface area contributed by atoms with Gasteiger partial charge in [0.05, 0.1) is 18.7 Å². The number of nitrogens with zero attached hydrogens (tertiary/aromatic N) is 1. The molecular weight excluding hydrogens is 411 g/mol. The summed E-state index contributed by atoms with van der Waals surface area (Å²) in [6.07, 6.45) is 0.0942. The third kappa shape index (κ3) is 6.56. The first-order chi connectivity index (χ1) is 14.6. The van der Waals surface area contributed by atoms with Gasteiger partial charge in [-0.15, -0.1) is 0 Å². The van der Waals surface area contributed by atoms with Crippen molar-refractivity contribution in [3.8, 4) is 0 Å². The molecule has 0 saturated heterocycles. The van der Waals surface area contributed by atoms with Gasteiger partial charge in [-0.1, -0.05) is 44.2 Å². The van der Waals surface area contributed by atoms with Crippen LogP contribution in [0.15, 0.2) is 42.5 Å². The maximum absolute atomic E-state index is 13.7. The Hall–Kier alpha value is -3.36. The van der Waals surface area contributed by atoms with E-state index in [9.17, 15) is 27.6 Å². The molecular formula is C22H24F3N3O3. The highest BCUT2D eigenvalue weighted by Crippen LogP contribution is 2.19. The van der Waals surface area contributed by atoms with E-state index in [2.05, 4.69) is 10.6 Å². The number of carbonyl (C=O) groups excluding carboxylic acids is 3. The van der Waals surface area contributed by atoms with E-state index in [1.54, 1.807) is 38.1 Å². The first-order valence-corrected chi connectivity index (χ1v) is 9.61. The summed E-state index contributed by atoms with van der Waals surface area (Å²) in [7, 11) is 1.35. The lowest BCUT2D eigenvalue weighted by Crippen LogP contribution is -2.51. The molecule has 0 aromatic heterocycles. The van der Waals surface area contributed by atoms with Crippen molar-refractivity contribution < 1.29 is 27.6 Å². The predicted octanol–water partition coefficient (Wildman–Crippen LogP) is 2.88. The summed E-state index contributed by atoms with van der Waals surface area (Å²) in [5, 5.41) is 4.78. The summed E-state index contributed by atoms with van der Waals surface area (Å²) in [6.45, 7) is 3.01. The molecule has 31 heavy (non-hydrogen) atoms. The van der Waals surface area contributed by atoms with Crippen molar-refractivity contribution in [3.05, 3.63) is 65.5 Å².